The SMILES string of the molecule is CN(C)C=CC(=O)c1c(-c2cccc(-c3ccc(F)c(C(N)=O)c3F)c2)nn2cc(C(F)(F)F)ccc12. The van der Waals surface area contributed by atoms with Gasteiger partial charge in [0.2, 0.25) is 0 Å². The van der Waals surface area contributed by atoms with Gasteiger partial charge in [-0.1, -0.05) is 18.2 Å². The number of nitrogens with two attached hydrogens (primary N) is 1. The molecule has 0 aliphatic heterocycles. The summed E-state index contributed by atoms with van der Waals surface area (Å²) >= 11 is 0. The molecule has 2 aromatic heterocycles. The molecule has 6 nitrogen and oxygen atoms in total. The normalized spacial score (nSPS) is 11.9. The smallest absolute Gasteiger partial charge is 0.383 e. The Morgan fingerprint density at radius 2 is 1.70 bits per heavy atom. The quantitative estimate of drug-likeness (QED) is 0.215. The Hall–Kier alpha value is -4.54. The van der Waals surface area contributed by atoms with Crippen molar-refractivity contribution in [3.63, 3.8) is 0 Å². The summed E-state index contributed by atoms with van der Waals surface area (Å²) < 4.78 is 69.8. The van der Waals surface area contributed by atoms with Gasteiger partial charge in [-0.15, -0.1) is 0 Å². The van der Waals surface area contributed by atoms with Crippen LogP contribution < -0.4 is 5.73 Å². The lowest BCUT2D eigenvalue weighted by Crippen LogP contribution is -2.16. The molecule has 0 aliphatic carbocycles. The number of pyridine rings is 1. The van der Waals surface area contributed by atoms with Crippen LogP contribution in [-0.4, -0.2) is 40.3 Å². The van der Waals surface area contributed by atoms with Gasteiger partial charge in [-0.25, -0.2) is 13.3 Å². The first-order valence-electron chi connectivity index (χ1n) is 10.8. The number of hydrogen-bond acceptors (Lipinski definition) is 4. The van der Waals surface area contributed by atoms with Crippen LogP contribution in [0.25, 0.3) is 27.9 Å². The molecule has 0 spiro atoms. The molecule has 0 atom stereocenters. The van der Waals surface area contributed by atoms with E-state index in [1.807, 2.05) is 0 Å². The minimum Gasteiger partial charge on any atom is -0.383 e. The van der Waals surface area contributed by atoms with Gasteiger partial charge in [0.25, 0.3) is 5.91 Å². The minimum atomic E-state index is -4.63. The molecule has 11 heteroatoms. The van der Waals surface area contributed by atoms with Crippen LogP contribution in [0.5, 0.6) is 0 Å². The average molecular weight is 514 g/mol. The molecule has 2 N–H and O–H groups in total. The van der Waals surface area contributed by atoms with Crippen LogP contribution in [0.4, 0.5) is 22.0 Å². The lowest BCUT2D eigenvalue weighted by atomic mass is 9.96. The van der Waals surface area contributed by atoms with Crippen molar-refractivity contribution in [2.24, 2.45) is 5.73 Å². The second kappa shape index (κ2) is 9.49. The summed E-state index contributed by atoms with van der Waals surface area (Å²) in [5.41, 5.74) is 3.80. The van der Waals surface area contributed by atoms with Crippen LogP contribution in [0.15, 0.2) is 67.0 Å². The first kappa shape index (κ1) is 25.5. The Kier molecular flexibility index (Phi) is 6.55. The second-order valence-corrected chi connectivity index (χ2v) is 8.34. The van der Waals surface area contributed by atoms with Crippen LogP contribution in [0.3, 0.4) is 0 Å². The van der Waals surface area contributed by atoms with Gasteiger partial charge in [-0.3, -0.25) is 9.59 Å². The van der Waals surface area contributed by atoms with E-state index in [1.165, 1.54) is 30.5 Å². The lowest BCUT2D eigenvalue weighted by molar-refractivity contribution is -0.137. The highest BCUT2D eigenvalue weighted by Gasteiger charge is 2.32. The molecule has 4 aromatic rings. The van der Waals surface area contributed by atoms with Crippen molar-refractivity contribution in [1.29, 1.82) is 0 Å². The third kappa shape index (κ3) is 4.92. The number of alkyl halides is 3. The first-order valence-corrected chi connectivity index (χ1v) is 10.8. The fourth-order valence-corrected chi connectivity index (χ4v) is 3.80. The second-order valence-electron chi connectivity index (χ2n) is 8.34. The van der Waals surface area contributed by atoms with Crippen LogP contribution in [-0.2, 0) is 6.18 Å². The summed E-state index contributed by atoms with van der Waals surface area (Å²) in [5, 5.41) is 4.24. The number of carbonyl (C=O) groups is 2. The van der Waals surface area contributed by atoms with Crippen molar-refractivity contribution in [3.8, 4) is 22.4 Å². The van der Waals surface area contributed by atoms with Crippen molar-refractivity contribution in [2.45, 2.75) is 6.18 Å². The van der Waals surface area contributed by atoms with Crippen molar-refractivity contribution >= 4 is 17.2 Å². The van der Waals surface area contributed by atoms with Gasteiger partial charge in [0, 0.05) is 43.7 Å². The van der Waals surface area contributed by atoms with Crippen LogP contribution in [0.2, 0.25) is 0 Å². The Labute approximate surface area is 207 Å². The number of hydrogen-bond donors (Lipinski definition) is 1. The maximum atomic E-state index is 15.0. The number of primary amides is 1. The molecule has 0 fully saturated rings. The van der Waals surface area contributed by atoms with E-state index in [1.54, 1.807) is 25.1 Å². The van der Waals surface area contributed by atoms with Gasteiger partial charge in [0.05, 0.1) is 16.6 Å². The standard InChI is InChI=1S/C26H19F5N4O2/c1-34(2)11-10-20(36)22-19-9-6-16(26(29,30)31)13-35(19)33-24(22)15-5-3-4-14(12-15)17-7-8-18(27)21(23(17)28)25(32)37/h3-13H,1-2H3,(H2,32,37). The van der Waals surface area contributed by atoms with Gasteiger partial charge in [0.15, 0.2) is 5.78 Å². The number of nitrogens with zero attached hydrogens (tertiary/aromatic N) is 3. The molecule has 0 bridgehead atoms. The van der Waals surface area contributed by atoms with Crippen molar-refractivity contribution in [2.75, 3.05) is 14.1 Å². The molecule has 0 saturated heterocycles. The zero-order chi connectivity index (χ0) is 27.1. The van der Waals surface area contributed by atoms with E-state index in [0.717, 1.165) is 35.0 Å². The maximum Gasteiger partial charge on any atom is 0.417 e. The predicted octanol–water partition coefficient (Wildman–Crippen LogP) is 5.32. The van der Waals surface area contributed by atoms with Gasteiger partial charge < -0.3 is 10.6 Å². The lowest BCUT2D eigenvalue weighted by Gasteiger charge is -2.09. The van der Waals surface area contributed by atoms with Crippen LogP contribution in [0.1, 0.15) is 26.3 Å². The number of aromatic nitrogens is 2. The minimum absolute atomic E-state index is 0.0291. The van der Waals surface area contributed by atoms with Crippen LogP contribution >= 0.6 is 0 Å². The molecule has 190 valence electrons. The van der Waals surface area contributed by atoms with Gasteiger partial charge in [0.1, 0.15) is 22.9 Å². The zero-order valence-electron chi connectivity index (χ0n) is 19.5. The van der Waals surface area contributed by atoms with Gasteiger partial charge in [-0.05, 0) is 35.9 Å². The van der Waals surface area contributed by atoms with Crippen LogP contribution in [0, 0.1) is 11.6 Å². The Morgan fingerprint density at radius 1 is 1.00 bits per heavy atom. The summed E-state index contributed by atoms with van der Waals surface area (Å²) in [4.78, 5) is 26.3. The van der Waals surface area contributed by atoms with Crippen molar-refractivity contribution in [1.82, 2.24) is 14.5 Å². The van der Waals surface area contributed by atoms with Crippen molar-refractivity contribution in [3.05, 3.63) is 95.3 Å². The molecule has 0 saturated carbocycles. The molecule has 37 heavy (non-hydrogen) atoms. The van der Waals surface area contributed by atoms with Crippen molar-refractivity contribution < 1.29 is 31.5 Å². The zero-order valence-corrected chi connectivity index (χ0v) is 19.5. The fourth-order valence-electron chi connectivity index (χ4n) is 3.80. The molecule has 1 amide bonds. The molecule has 0 aliphatic rings. The highest BCUT2D eigenvalue weighted by Crippen LogP contribution is 2.34. The summed E-state index contributed by atoms with van der Waals surface area (Å²) in [6, 6.07) is 9.99. The number of carbonyl (C=O) groups excluding carboxylic acids is 2. The Morgan fingerprint density at radius 3 is 2.35 bits per heavy atom. The van der Waals surface area contributed by atoms with Gasteiger partial charge >= 0.3 is 6.18 Å². The Balaban J connectivity index is 1.93. The molecule has 2 heterocycles. The number of halogens is 5. The molecule has 0 radical (unpaired) electrons. The molecule has 0 unspecified atom stereocenters. The number of fused-ring (bicyclic) bond motifs is 1. The third-order valence-electron chi connectivity index (χ3n) is 5.51. The first-order chi connectivity index (χ1) is 17.4. The number of rotatable bonds is 6. The van der Waals surface area contributed by atoms with E-state index in [9.17, 15) is 31.5 Å². The van der Waals surface area contributed by atoms with E-state index in [-0.39, 0.29) is 33.5 Å². The largest absolute Gasteiger partial charge is 0.417 e. The molecule has 2 aromatic carbocycles. The highest BCUT2D eigenvalue weighted by atomic mass is 19.4. The summed E-state index contributed by atoms with van der Waals surface area (Å²) in [6.07, 6.45) is -1.13. The van der Waals surface area contributed by atoms with Gasteiger partial charge in [-0.2, -0.15) is 18.3 Å². The summed E-state index contributed by atoms with van der Waals surface area (Å²) in [6.45, 7) is 0. The van der Waals surface area contributed by atoms with E-state index in [4.69, 9.17) is 5.73 Å². The average Bonchev–Trinajstić information content (AvgIpc) is 3.21. The number of allylic oxidation sites excluding steroid dienone is 1. The third-order valence-corrected chi connectivity index (χ3v) is 5.51. The van der Waals surface area contributed by atoms with E-state index >= 15 is 0 Å². The topological polar surface area (TPSA) is 80.7 Å². The summed E-state index contributed by atoms with van der Waals surface area (Å²) in [7, 11) is 3.38. The fraction of sp³-hybridized carbons (Fsp3) is 0.115. The number of ketones is 1. The predicted molar refractivity (Wildman–Crippen MR) is 127 cm³/mol. The maximum absolute atomic E-state index is 15.0. The van der Waals surface area contributed by atoms with E-state index in [2.05, 4.69) is 5.10 Å². The van der Waals surface area contributed by atoms with E-state index in [0.29, 0.717) is 0 Å². The highest BCUT2D eigenvalue weighted by molar-refractivity contribution is 6.13. The molecular weight excluding hydrogens is 495 g/mol. The van der Waals surface area contributed by atoms with E-state index < -0.39 is 40.6 Å². The number of amides is 1. The molecular formula is C26H19F5N4O2. The summed E-state index contributed by atoms with van der Waals surface area (Å²) in [5.74, 6) is -4.09. The monoisotopic (exact) mass is 514 g/mol. The Bertz CT molecular complexity index is 1570. The number of benzene rings is 2. The molecule has 4 rings (SSSR count).